The van der Waals surface area contributed by atoms with Crippen molar-refractivity contribution in [2.75, 3.05) is 20.3 Å². The Labute approximate surface area is 132 Å². The minimum atomic E-state index is 0.650. The number of benzene rings is 2. The van der Waals surface area contributed by atoms with Crippen LogP contribution < -0.4 is 9.47 Å². The van der Waals surface area contributed by atoms with E-state index in [9.17, 15) is 0 Å². The van der Waals surface area contributed by atoms with Gasteiger partial charge >= 0.3 is 0 Å². The van der Waals surface area contributed by atoms with Gasteiger partial charge in [0, 0.05) is 19.6 Å². The van der Waals surface area contributed by atoms with Gasteiger partial charge in [0.05, 0.1) is 13.7 Å². The molecule has 0 amide bonds. The maximum atomic E-state index is 5.67. The van der Waals surface area contributed by atoms with E-state index in [1.165, 1.54) is 16.7 Å². The van der Waals surface area contributed by atoms with E-state index in [2.05, 4.69) is 41.3 Å². The van der Waals surface area contributed by atoms with Crippen molar-refractivity contribution in [3.05, 3.63) is 59.2 Å². The second kappa shape index (κ2) is 6.84. The SMILES string of the molecule is CCOc1cc(CN2CCc3ccccc3C2)ccc1OC. The normalized spacial score (nSPS) is 14.5. The number of ether oxygens (including phenoxy) is 2. The maximum Gasteiger partial charge on any atom is 0.161 e. The highest BCUT2D eigenvalue weighted by Gasteiger charge is 2.16. The largest absolute Gasteiger partial charge is 0.493 e. The highest BCUT2D eigenvalue weighted by molar-refractivity contribution is 5.43. The fourth-order valence-corrected chi connectivity index (χ4v) is 3.04. The Hall–Kier alpha value is -2.00. The van der Waals surface area contributed by atoms with Gasteiger partial charge in [0.2, 0.25) is 0 Å². The molecular formula is C19H23NO2. The van der Waals surface area contributed by atoms with Crippen LogP contribution in [0.15, 0.2) is 42.5 Å². The van der Waals surface area contributed by atoms with Crippen LogP contribution >= 0.6 is 0 Å². The molecule has 0 aromatic heterocycles. The fraction of sp³-hybridized carbons (Fsp3) is 0.368. The van der Waals surface area contributed by atoms with Gasteiger partial charge in [-0.1, -0.05) is 30.3 Å². The minimum Gasteiger partial charge on any atom is -0.493 e. The summed E-state index contributed by atoms with van der Waals surface area (Å²) in [6.07, 6.45) is 1.13. The third-order valence-electron chi connectivity index (χ3n) is 4.14. The zero-order chi connectivity index (χ0) is 15.4. The Morgan fingerprint density at radius 1 is 1.05 bits per heavy atom. The Kier molecular flexibility index (Phi) is 4.64. The third kappa shape index (κ3) is 3.25. The molecule has 1 aliphatic rings. The number of rotatable bonds is 5. The van der Waals surface area contributed by atoms with E-state index in [0.29, 0.717) is 6.61 Å². The second-order valence-electron chi connectivity index (χ2n) is 5.65. The van der Waals surface area contributed by atoms with Crippen LogP contribution in [0.4, 0.5) is 0 Å². The summed E-state index contributed by atoms with van der Waals surface area (Å²) >= 11 is 0. The van der Waals surface area contributed by atoms with Crippen LogP contribution in [-0.2, 0) is 19.5 Å². The molecule has 0 bridgehead atoms. The van der Waals surface area contributed by atoms with Crippen molar-refractivity contribution in [1.82, 2.24) is 4.90 Å². The first kappa shape index (κ1) is 14.9. The van der Waals surface area contributed by atoms with E-state index < -0.39 is 0 Å². The molecule has 22 heavy (non-hydrogen) atoms. The summed E-state index contributed by atoms with van der Waals surface area (Å²) < 4.78 is 11.0. The molecule has 1 heterocycles. The van der Waals surface area contributed by atoms with Crippen LogP contribution in [0.1, 0.15) is 23.6 Å². The van der Waals surface area contributed by atoms with E-state index in [4.69, 9.17) is 9.47 Å². The summed E-state index contributed by atoms with van der Waals surface area (Å²) in [5, 5.41) is 0. The summed E-state index contributed by atoms with van der Waals surface area (Å²) in [6, 6.07) is 15.0. The van der Waals surface area contributed by atoms with E-state index >= 15 is 0 Å². The van der Waals surface area contributed by atoms with Gasteiger partial charge in [-0.3, -0.25) is 4.90 Å². The summed E-state index contributed by atoms with van der Waals surface area (Å²) in [7, 11) is 1.68. The lowest BCUT2D eigenvalue weighted by Gasteiger charge is -2.28. The number of hydrogen-bond donors (Lipinski definition) is 0. The van der Waals surface area contributed by atoms with Crippen molar-refractivity contribution in [3.8, 4) is 11.5 Å². The molecule has 0 atom stereocenters. The molecule has 2 aromatic carbocycles. The summed E-state index contributed by atoms with van der Waals surface area (Å²) in [6.45, 7) is 5.71. The monoisotopic (exact) mass is 297 g/mol. The Morgan fingerprint density at radius 2 is 1.86 bits per heavy atom. The Balaban J connectivity index is 1.73. The molecule has 116 valence electrons. The molecule has 0 N–H and O–H groups in total. The predicted octanol–water partition coefficient (Wildman–Crippen LogP) is 3.65. The average molecular weight is 297 g/mol. The van der Waals surface area contributed by atoms with E-state index in [1.54, 1.807) is 7.11 Å². The summed E-state index contributed by atoms with van der Waals surface area (Å²) in [4.78, 5) is 2.49. The zero-order valence-corrected chi connectivity index (χ0v) is 13.3. The lowest BCUT2D eigenvalue weighted by Crippen LogP contribution is -2.29. The maximum absolute atomic E-state index is 5.67. The summed E-state index contributed by atoms with van der Waals surface area (Å²) in [5.41, 5.74) is 4.21. The first-order chi connectivity index (χ1) is 10.8. The molecule has 0 saturated carbocycles. The molecule has 1 aliphatic heterocycles. The molecule has 2 aromatic rings. The smallest absolute Gasteiger partial charge is 0.161 e. The van der Waals surface area contributed by atoms with Crippen molar-refractivity contribution in [1.29, 1.82) is 0 Å². The quantitative estimate of drug-likeness (QED) is 0.841. The molecule has 0 aliphatic carbocycles. The van der Waals surface area contributed by atoms with Crippen LogP contribution in [0.25, 0.3) is 0 Å². The van der Waals surface area contributed by atoms with E-state index in [1.807, 2.05) is 13.0 Å². The molecule has 3 nitrogen and oxygen atoms in total. The van der Waals surface area contributed by atoms with Gasteiger partial charge in [-0.05, 0) is 42.2 Å². The molecule has 0 spiro atoms. The third-order valence-corrected chi connectivity index (χ3v) is 4.14. The number of fused-ring (bicyclic) bond motifs is 1. The van der Waals surface area contributed by atoms with Crippen LogP contribution in [0.5, 0.6) is 11.5 Å². The number of hydrogen-bond acceptors (Lipinski definition) is 3. The molecule has 3 rings (SSSR count). The standard InChI is InChI=1S/C19H23NO2/c1-3-22-19-12-15(8-9-18(19)21-2)13-20-11-10-16-6-4-5-7-17(16)14-20/h4-9,12H,3,10-11,13-14H2,1-2H3. The number of methoxy groups -OCH3 is 1. The van der Waals surface area contributed by atoms with Gasteiger partial charge in [0.1, 0.15) is 0 Å². The van der Waals surface area contributed by atoms with Crippen LogP contribution in [0.2, 0.25) is 0 Å². The van der Waals surface area contributed by atoms with E-state index in [-0.39, 0.29) is 0 Å². The second-order valence-corrected chi connectivity index (χ2v) is 5.65. The molecule has 0 radical (unpaired) electrons. The topological polar surface area (TPSA) is 21.7 Å². The van der Waals surface area contributed by atoms with Crippen molar-refractivity contribution in [2.45, 2.75) is 26.4 Å². The molecule has 3 heteroatoms. The van der Waals surface area contributed by atoms with Crippen LogP contribution in [-0.4, -0.2) is 25.2 Å². The first-order valence-electron chi connectivity index (χ1n) is 7.89. The highest BCUT2D eigenvalue weighted by Crippen LogP contribution is 2.29. The molecular weight excluding hydrogens is 274 g/mol. The lowest BCUT2D eigenvalue weighted by atomic mass is 9.99. The van der Waals surface area contributed by atoms with Gasteiger partial charge < -0.3 is 9.47 Å². The van der Waals surface area contributed by atoms with Crippen LogP contribution in [0, 0.1) is 0 Å². The molecule has 0 unspecified atom stereocenters. The summed E-state index contributed by atoms with van der Waals surface area (Å²) in [5.74, 6) is 1.63. The minimum absolute atomic E-state index is 0.650. The van der Waals surface area contributed by atoms with Crippen LogP contribution in [0.3, 0.4) is 0 Å². The van der Waals surface area contributed by atoms with Crippen molar-refractivity contribution in [2.24, 2.45) is 0 Å². The lowest BCUT2D eigenvalue weighted by molar-refractivity contribution is 0.244. The van der Waals surface area contributed by atoms with Crippen molar-refractivity contribution in [3.63, 3.8) is 0 Å². The van der Waals surface area contributed by atoms with Gasteiger partial charge in [-0.2, -0.15) is 0 Å². The van der Waals surface area contributed by atoms with Crippen molar-refractivity contribution < 1.29 is 9.47 Å². The number of nitrogens with zero attached hydrogens (tertiary/aromatic N) is 1. The van der Waals surface area contributed by atoms with E-state index in [0.717, 1.165) is 37.6 Å². The van der Waals surface area contributed by atoms with Gasteiger partial charge in [0.25, 0.3) is 0 Å². The van der Waals surface area contributed by atoms with Gasteiger partial charge in [-0.25, -0.2) is 0 Å². The average Bonchev–Trinajstić information content (AvgIpc) is 2.55. The van der Waals surface area contributed by atoms with Gasteiger partial charge in [0.15, 0.2) is 11.5 Å². The fourth-order valence-electron chi connectivity index (χ4n) is 3.04. The van der Waals surface area contributed by atoms with Crippen molar-refractivity contribution >= 4 is 0 Å². The Morgan fingerprint density at radius 3 is 2.64 bits per heavy atom. The van der Waals surface area contributed by atoms with Gasteiger partial charge in [-0.15, -0.1) is 0 Å². The highest BCUT2D eigenvalue weighted by atomic mass is 16.5. The first-order valence-corrected chi connectivity index (χ1v) is 7.89. The molecule has 0 saturated heterocycles. The Bertz CT molecular complexity index is 639. The molecule has 0 fully saturated rings. The zero-order valence-electron chi connectivity index (χ0n) is 13.3. The predicted molar refractivity (Wildman–Crippen MR) is 88.4 cm³/mol.